The normalized spacial score (nSPS) is 16.5. The summed E-state index contributed by atoms with van der Waals surface area (Å²) in [6.45, 7) is 2.20. The molecule has 0 aliphatic carbocycles. The topological polar surface area (TPSA) is 54.9 Å². The van der Waals surface area contributed by atoms with E-state index in [0.717, 1.165) is 31.7 Å². The number of carbonyl (C=O) groups is 1. The molecule has 0 bridgehead atoms. The Labute approximate surface area is 101 Å². The van der Waals surface area contributed by atoms with E-state index in [1.165, 1.54) is 0 Å². The third-order valence-corrected chi connectivity index (χ3v) is 3.11. The van der Waals surface area contributed by atoms with Crippen LogP contribution in [0.5, 0.6) is 5.75 Å². The fourth-order valence-corrected chi connectivity index (χ4v) is 2.10. The van der Waals surface area contributed by atoms with Gasteiger partial charge in [-0.3, -0.25) is 4.79 Å². The molecule has 92 valence electrons. The molecule has 1 saturated heterocycles. The van der Waals surface area contributed by atoms with Crippen LogP contribution in [0.1, 0.15) is 23.2 Å². The molecule has 0 unspecified atom stereocenters. The number of nitrogens with two attached hydrogens (primary N) is 1. The van der Waals surface area contributed by atoms with E-state index >= 15 is 0 Å². The molecule has 0 saturated carbocycles. The summed E-state index contributed by atoms with van der Waals surface area (Å²) in [5.41, 5.74) is 0.666. The van der Waals surface area contributed by atoms with Gasteiger partial charge in [0.15, 0.2) is 0 Å². The van der Waals surface area contributed by atoms with Crippen LogP contribution in [-0.4, -0.2) is 32.1 Å². The molecule has 3 N–H and O–H groups in total. The second-order valence-electron chi connectivity index (χ2n) is 4.35. The lowest BCUT2D eigenvalue weighted by atomic mass is 10.1. The molecule has 1 aromatic carbocycles. The van der Waals surface area contributed by atoms with Crippen molar-refractivity contribution in [3.63, 3.8) is 0 Å². The zero-order valence-electron chi connectivity index (χ0n) is 10.1. The lowest BCUT2D eigenvalue weighted by molar-refractivity contribution is -0.663. The van der Waals surface area contributed by atoms with Crippen molar-refractivity contribution in [3.8, 4) is 5.75 Å². The molecule has 1 aliphatic heterocycles. The molecule has 4 nitrogen and oxygen atoms in total. The van der Waals surface area contributed by atoms with Gasteiger partial charge in [0.25, 0.3) is 5.91 Å². The number of amides is 1. The fraction of sp³-hybridized carbons (Fsp3) is 0.462. The number of quaternary nitrogens is 1. The Morgan fingerprint density at radius 3 is 2.88 bits per heavy atom. The SMILES string of the molecule is COc1cccc(C(=O)NC2CC[NH2+]CC2)c1. The molecule has 1 fully saturated rings. The number of benzene rings is 1. The van der Waals surface area contributed by atoms with E-state index in [2.05, 4.69) is 10.6 Å². The molecule has 0 aromatic heterocycles. The van der Waals surface area contributed by atoms with Crippen molar-refractivity contribution in [2.24, 2.45) is 0 Å². The monoisotopic (exact) mass is 235 g/mol. The number of carbonyl (C=O) groups excluding carboxylic acids is 1. The highest BCUT2D eigenvalue weighted by Gasteiger charge is 2.18. The molecular weight excluding hydrogens is 216 g/mol. The van der Waals surface area contributed by atoms with Crippen LogP contribution >= 0.6 is 0 Å². The first-order valence-electron chi connectivity index (χ1n) is 6.06. The van der Waals surface area contributed by atoms with Crippen molar-refractivity contribution in [2.45, 2.75) is 18.9 Å². The van der Waals surface area contributed by atoms with Crippen LogP contribution in [0.2, 0.25) is 0 Å². The van der Waals surface area contributed by atoms with Gasteiger partial charge in [-0.15, -0.1) is 0 Å². The summed E-state index contributed by atoms with van der Waals surface area (Å²) in [7, 11) is 1.61. The molecule has 1 amide bonds. The Morgan fingerprint density at radius 1 is 1.41 bits per heavy atom. The maximum Gasteiger partial charge on any atom is 0.251 e. The van der Waals surface area contributed by atoms with Crippen LogP contribution < -0.4 is 15.4 Å². The van der Waals surface area contributed by atoms with Crippen LogP contribution in [0.15, 0.2) is 24.3 Å². The molecule has 0 atom stereocenters. The number of rotatable bonds is 3. The minimum absolute atomic E-state index is 0.00389. The number of ether oxygens (including phenoxy) is 1. The quantitative estimate of drug-likeness (QED) is 0.783. The van der Waals surface area contributed by atoms with Crippen LogP contribution in [-0.2, 0) is 0 Å². The standard InChI is InChI=1S/C13H18N2O2/c1-17-12-4-2-3-10(9-12)13(16)15-11-5-7-14-8-6-11/h2-4,9,11,14H,5-8H2,1H3,(H,15,16)/p+1. The number of methoxy groups -OCH3 is 1. The van der Waals surface area contributed by atoms with Gasteiger partial charge in [-0.05, 0) is 18.2 Å². The highest BCUT2D eigenvalue weighted by atomic mass is 16.5. The first-order chi connectivity index (χ1) is 8.29. The van der Waals surface area contributed by atoms with E-state index in [9.17, 15) is 4.79 Å². The highest BCUT2D eigenvalue weighted by Crippen LogP contribution is 2.13. The van der Waals surface area contributed by atoms with Crippen molar-refractivity contribution in [1.29, 1.82) is 0 Å². The third kappa shape index (κ3) is 3.20. The van der Waals surface area contributed by atoms with Gasteiger partial charge in [0.1, 0.15) is 5.75 Å². The van der Waals surface area contributed by atoms with E-state index < -0.39 is 0 Å². The number of hydrogen-bond donors (Lipinski definition) is 2. The minimum atomic E-state index is -0.00389. The average molecular weight is 235 g/mol. The predicted octanol–water partition coefficient (Wildman–Crippen LogP) is 0.151. The lowest BCUT2D eigenvalue weighted by Crippen LogP contribution is -2.87. The summed E-state index contributed by atoms with van der Waals surface area (Å²) in [5, 5.41) is 5.36. The number of hydrogen-bond acceptors (Lipinski definition) is 2. The largest absolute Gasteiger partial charge is 0.497 e. The van der Waals surface area contributed by atoms with Gasteiger partial charge in [-0.25, -0.2) is 0 Å². The van der Waals surface area contributed by atoms with E-state index in [1.54, 1.807) is 13.2 Å². The summed E-state index contributed by atoms with van der Waals surface area (Å²) in [6, 6.07) is 7.57. The van der Waals surface area contributed by atoms with Crippen molar-refractivity contribution in [3.05, 3.63) is 29.8 Å². The first-order valence-corrected chi connectivity index (χ1v) is 6.06. The van der Waals surface area contributed by atoms with Crippen molar-refractivity contribution >= 4 is 5.91 Å². The molecule has 4 heteroatoms. The average Bonchev–Trinajstić information content (AvgIpc) is 2.40. The van der Waals surface area contributed by atoms with Gasteiger partial charge in [0.05, 0.1) is 20.2 Å². The molecule has 2 rings (SSSR count). The van der Waals surface area contributed by atoms with Crippen molar-refractivity contribution in [1.82, 2.24) is 5.32 Å². The molecular formula is C13H19N2O2+. The Hall–Kier alpha value is -1.55. The van der Waals surface area contributed by atoms with Gasteiger partial charge in [0, 0.05) is 24.4 Å². The maximum atomic E-state index is 12.0. The molecule has 1 heterocycles. The fourth-order valence-electron chi connectivity index (χ4n) is 2.10. The molecule has 1 aromatic rings. The zero-order chi connectivity index (χ0) is 12.1. The summed E-state index contributed by atoms with van der Waals surface area (Å²) < 4.78 is 5.11. The van der Waals surface area contributed by atoms with Crippen LogP contribution in [0.25, 0.3) is 0 Å². The smallest absolute Gasteiger partial charge is 0.251 e. The van der Waals surface area contributed by atoms with Crippen LogP contribution in [0.4, 0.5) is 0 Å². The van der Waals surface area contributed by atoms with Gasteiger partial charge < -0.3 is 15.4 Å². The first kappa shape index (κ1) is 11.9. The minimum Gasteiger partial charge on any atom is -0.497 e. The Morgan fingerprint density at radius 2 is 2.18 bits per heavy atom. The predicted molar refractivity (Wildman–Crippen MR) is 65.1 cm³/mol. The van der Waals surface area contributed by atoms with Crippen molar-refractivity contribution in [2.75, 3.05) is 20.2 Å². The molecule has 0 radical (unpaired) electrons. The number of piperidine rings is 1. The van der Waals surface area contributed by atoms with Gasteiger partial charge in [-0.1, -0.05) is 6.07 Å². The second-order valence-corrected chi connectivity index (χ2v) is 4.35. The Bertz CT molecular complexity index is 387. The molecule has 17 heavy (non-hydrogen) atoms. The van der Waals surface area contributed by atoms with Crippen molar-refractivity contribution < 1.29 is 14.8 Å². The van der Waals surface area contributed by atoms with Gasteiger partial charge >= 0.3 is 0 Å². The lowest BCUT2D eigenvalue weighted by Gasteiger charge is -2.21. The molecule has 0 spiro atoms. The Balaban J connectivity index is 1.98. The second kappa shape index (κ2) is 5.68. The van der Waals surface area contributed by atoms with E-state index in [4.69, 9.17) is 4.74 Å². The Kier molecular flexibility index (Phi) is 3.98. The number of nitrogens with one attached hydrogen (secondary N) is 1. The van der Waals surface area contributed by atoms with Crippen LogP contribution in [0.3, 0.4) is 0 Å². The van der Waals surface area contributed by atoms with Gasteiger partial charge in [0.2, 0.25) is 0 Å². The highest BCUT2D eigenvalue weighted by molar-refractivity contribution is 5.94. The maximum absolute atomic E-state index is 12.0. The van der Waals surface area contributed by atoms with Crippen LogP contribution in [0, 0.1) is 0 Å². The van der Waals surface area contributed by atoms with E-state index in [1.807, 2.05) is 18.2 Å². The third-order valence-electron chi connectivity index (χ3n) is 3.11. The summed E-state index contributed by atoms with van der Waals surface area (Å²) in [6.07, 6.45) is 2.10. The van der Waals surface area contributed by atoms with E-state index in [-0.39, 0.29) is 5.91 Å². The summed E-state index contributed by atoms with van der Waals surface area (Å²) in [5.74, 6) is 0.713. The summed E-state index contributed by atoms with van der Waals surface area (Å²) >= 11 is 0. The zero-order valence-corrected chi connectivity index (χ0v) is 10.1. The molecule has 1 aliphatic rings. The van der Waals surface area contributed by atoms with E-state index in [0.29, 0.717) is 11.6 Å². The van der Waals surface area contributed by atoms with Gasteiger partial charge in [-0.2, -0.15) is 0 Å². The summed E-state index contributed by atoms with van der Waals surface area (Å²) in [4.78, 5) is 12.0.